The molecule has 0 atom stereocenters. The Labute approximate surface area is 88.0 Å². The fourth-order valence-electron chi connectivity index (χ4n) is 1.68. The molecule has 15 heavy (non-hydrogen) atoms. The number of nitro groups is 1. The standard InChI is InChI=1S/C11H12N2O2/c14-13(15)11-6-7-12(9-11)8-10-4-2-1-3-5-10/h1-5,9H,6-8H2. The van der Waals surface area contributed by atoms with Gasteiger partial charge in [0.1, 0.15) is 0 Å². The van der Waals surface area contributed by atoms with Crippen LogP contribution in [0, 0.1) is 10.1 Å². The summed E-state index contributed by atoms with van der Waals surface area (Å²) in [7, 11) is 0. The van der Waals surface area contributed by atoms with E-state index in [1.54, 1.807) is 6.20 Å². The summed E-state index contributed by atoms with van der Waals surface area (Å²) in [5.74, 6) is 0. The minimum atomic E-state index is -0.301. The summed E-state index contributed by atoms with van der Waals surface area (Å²) in [5, 5.41) is 10.5. The van der Waals surface area contributed by atoms with Crippen molar-refractivity contribution >= 4 is 0 Å². The maximum atomic E-state index is 10.5. The van der Waals surface area contributed by atoms with E-state index in [1.807, 2.05) is 35.2 Å². The summed E-state index contributed by atoms with van der Waals surface area (Å²) in [6, 6.07) is 9.97. The molecule has 1 aromatic rings. The molecule has 2 rings (SSSR count). The smallest absolute Gasteiger partial charge is 0.263 e. The number of nitrogens with zero attached hydrogens (tertiary/aromatic N) is 2. The average molecular weight is 204 g/mol. The molecule has 4 heteroatoms. The Balaban J connectivity index is 2.01. The minimum absolute atomic E-state index is 0.301. The van der Waals surface area contributed by atoms with Crippen LogP contribution in [0.25, 0.3) is 0 Å². The lowest BCUT2D eigenvalue weighted by Crippen LogP contribution is -2.13. The van der Waals surface area contributed by atoms with E-state index in [0.717, 1.165) is 13.1 Å². The van der Waals surface area contributed by atoms with Gasteiger partial charge in [0.25, 0.3) is 5.70 Å². The highest BCUT2D eigenvalue weighted by atomic mass is 16.6. The molecule has 4 nitrogen and oxygen atoms in total. The number of rotatable bonds is 3. The van der Waals surface area contributed by atoms with Crippen LogP contribution >= 0.6 is 0 Å². The van der Waals surface area contributed by atoms with Gasteiger partial charge in [-0.1, -0.05) is 30.3 Å². The Hall–Kier alpha value is -1.84. The van der Waals surface area contributed by atoms with Gasteiger partial charge in [-0.15, -0.1) is 0 Å². The molecule has 1 aliphatic heterocycles. The van der Waals surface area contributed by atoms with Gasteiger partial charge in [-0.25, -0.2) is 0 Å². The van der Waals surface area contributed by atoms with Gasteiger partial charge >= 0.3 is 0 Å². The van der Waals surface area contributed by atoms with E-state index in [4.69, 9.17) is 0 Å². The lowest BCUT2D eigenvalue weighted by atomic mass is 10.2. The molecular formula is C11H12N2O2. The molecule has 1 heterocycles. The van der Waals surface area contributed by atoms with Gasteiger partial charge in [0, 0.05) is 13.1 Å². The summed E-state index contributed by atoms with van der Waals surface area (Å²) in [6.07, 6.45) is 2.19. The summed E-state index contributed by atoms with van der Waals surface area (Å²) < 4.78 is 0. The second kappa shape index (κ2) is 4.13. The van der Waals surface area contributed by atoms with Crippen LogP contribution < -0.4 is 0 Å². The van der Waals surface area contributed by atoms with Gasteiger partial charge in [0.2, 0.25) is 0 Å². The number of benzene rings is 1. The molecule has 0 radical (unpaired) electrons. The summed E-state index contributed by atoms with van der Waals surface area (Å²) in [6.45, 7) is 1.49. The van der Waals surface area contributed by atoms with Crippen LogP contribution in [0.5, 0.6) is 0 Å². The van der Waals surface area contributed by atoms with Gasteiger partial charge in [0.05, 0.1) is 17.5 Å². The van der Waals surface area contributed by atoms with Gasteiger partial charge in [-0.2, -0.15) is 0 Å². The molecule has 78 valence electrons. The largest absolute Gasteiger partial charge is 0.367 e. The first-order chi connectivity index (χ1) is 7.25. The molecule has 0 saturated carbocycles. The first-order valence-corrected chi connectivity index (χ1v) is 4.89. The van der Waals surface area contributed by atoms with Crippen molar-refractivity contribution in [3.8, 4) is 0 Å². The van der Waals surface area contributed by atoms with Crippen molar-refractivity contribution in [2.24, 2.45) is 0 Å². The van der Waals surface area contributed by atoms with E-state index >= 15 is 0 Å². The Kier molecular flexibility index (Phi) is 2.67. The Morgan fingerprint density at radius 1 is 1.33 bits per heavy atom. The van der Waals surface area contributed by atoms with Crippen molar-refractivity contribution in [2.45, 2.75) is 13.0 Å². The molecule has 0 unspecified atom stereocenters. The van der Waals surface area contributed by atoms with E-state index in [9.17, 15) is 10.1 Å². The van der Waals surface area contributed by atoms with Gasteiger partial charge < -0.3 is 4.90 Å². The molecule has 0 saturated heterocycles. The maximum Gasteiger partial charge on any atom is 0.263 e. The fraction of sp³-hybridized carbons (Fsp3) is 0.273. The van der Waals surface area contributed by atoms with Gasteiger partial charge in [-0.05, 0) is 5.56 Å². The third-order valence-corrected chi connectivity index (χ3v) is 2.45. The van der Waals surface area contributed by atoms with Gasteiger partial charge in [-0.3, -0.25) is 10.1 Å². The zero-order valence-electron chi connectivity index (χ0n) is 8.30. The van der Waals surface area contributed by atoms with Crippen molar-refractivity contribution in [2.75, 3.05) is 6.54 Å². The number of hydrogen-bond acceptors (Lipinski definition) is 3. The van der Waals surface area contributed by atoms with Crippen molar-refractivity contribution in [3.63, 3.8) is 0 Å². The van der Waals surface area contributed by atoms with Crippen molar-refractivity contribution in [3.05, 3.63) is 57.9 Å². The quantitative estimate of drug-likeness (QED) is 0.559. The lowest BCUT2D eigenvalue weighted by Gasteiger charge is -2.13. The highest BCUT2D eigenvalue weighted by molar-refractivity contribution is 5.15. The zero-order chi connectivity index (χ0) is 10.7. The summed E-state index contributed by atoms with van der Waals surface area (Å²) in [4.78, 5) is 12.2. The molecule has 0 N–H and O–H groups in total. The highest BCUT2D eigenvalue weighted by Crippen LogP contribution is 2.16. The third kappa shape index (κ3) is 2.34. The Morgan fingerprint density at radius 2 is 2.07 bits per heavy atom. The predicted octanol–water partition coefficient (Wildman–Crippen LogP) is 2.01. The normalized spacial score (nSPS) is 15.2. The van der Waals surface area contributed by atoms with Crippen molar-refractivity contribution in [1.82, 2.24) is 4.90 Å². The molecular weight excluding hydrogens is 192 g/mol. The summed E-state index contributed by atoms with van der Waals surface area (Å²) >= 11 is 0. The van der Waals surface area contributed by atoms with Crippen LogP contribution in [-0.4, -0.2) is 16.4 Å². The first-order valence-electron chi connectivity index (χ1n) is 4.89. The second-order valence-electron chi connectivity index (χ2n) is 3.58. The predicted molar refractivity (Wildman–Crippen MR) is 56.5 cm³/mol. The molecule has 0 fully saturated rings. The maximum absolute atomic E-state index is 10.5. The molecule has 1 aromatic carbocycles. The van der Waals surface area contributed by atoms with Crippen LogP contribution in [0.15, 0.2) is 42.2 Å². The van der Waals surface area contributed by atoms with E-state index in [-0.39, 0.29) is 4.92 Å². The van der Waals surface area contributed by atoms with Crippen molar-refractivity contribution in [1.29, 1.82) is 0 Å². The molecule has 0 amide bonds. The van der Waals surface area contributed by atoms with Crippen LogP contribution in [0.2, 0.25) is 0 Å². The molecule has 0 bridgehead atoms. The van der Waals surface area contributed by atoms with Crippen molar-refractivity contribution < 1.29 is 4.92 Å². The molecule has 1 aliphatic rings. The van der Waals surface area contributed by atoms with E-state index in [0.29, 0.717) is 12.1 Å². The average Bonchev–Trinajstić information content (AvgIpc) is 2.68. The highest BCUT2D eigenvalue weighted by Gasteiger charge is 2.20. The van der Waals surface area contributed by atoms with Crippen LogP contribution in [0.3, 0.4) is 0 Å². The zero-order valence-corrected chi connectivity index (χ0v) is 8.30. The van der Waals surface area contributed by atoms with Gasteiger partial charge in [0.15, 0.2) is 0 Å². The Bertz CT molecular complexity index is 387. The molecule has 0 aromatic heterocycles. The fourth-order valence-corrected chi connectivity index (χ4v) is 1.68. The van der Waals surface area contributed by atoms with E-state index in [1.165, 1.54) is 5.56 Å². The topological polar surface area (TPSA) is 46.4 Å². The van der Waals surface area contributed by atoms with Crippen LogP contribution in [0.4, 0.5) is 0 Å². The number of hydrogen-bond donors (Lipinski definition) is 0. The summed E-state index contributed by atoms with van der Waals surface area (Å²) in [5.41, 5.74) is 1.49. The SMILES string of the molecule is O=[N+]([O-])C1=CN(Cc2ccccc2)CC1. The first kappa shape index (κ1) is 9.71. The van der Waals surface area contributed by atoms with Crippen LogP contribution in [-0.2, 0) is 6.54 Å². The van der Waals surface area contributed by atoms with E-state index in [2.05, 4.69) is 0 Å². The van der Waals surface area contributed by atoms with Crippen LogP contribution in [0.1, 0.15) is 12.0 Å². The third-order valence-electron chi connectivity index (χ3n) is 2.45. The molecule has 0 aliphatic carbocycles. The Morgan fingerprint density at radius 3 is 2.67 bits per heavy atom. The minimum Gasteiger partial charge on any atom is -0.367 e. The lowest BCUT2D eigenvalue weighted by molar-refractivity contribution is -0.426. The molecule has 0 spiro atoms. The second-order valence-corrected chi connectivity index (χ2v) is 3.58. The van der Waals surface area contributed by atoms with E-state index < -0.39 is 0 Å². The monoisotopic (exact) mass is 204 g/mol.